The Morgan fingerprint density at radius 2 is 1.67 bits per heavy atom. The fourth-order valence-corrected chi connectivity index (χ4v) is 3.35. The molecule has 0 saturated carbocycles. The van der Waals surface area contributed by atoms with Crippen LogP contribution in [-0.4, -0.2) is 47.2 Å². The SMILES string of the molecule is Cc1cc(C(O)c2ccccc2)cnc1N1CCN(C(C)C)CC1. The lowest BCUT2D eigenvalue weighted by Gasteiger charge is -2.38. The largest absolute Gasteiger partial charge is 0.384 e. The third-order valence-corrected chi connectivity index (χ3v) is 4.85. The van der Waals surface area contributed by atoms with E-state index in [0.29, 0.717) is 6.04 Å². The van der Waals surface area contributed by atoms with Crippen LogP contribution in [0, 0.1) is 6.92 Å². The van der Waals surface area contributed by atoms with Crippen molar-refractivity contribution in [2.75, 3.05) is 31.1 Å². The molecule has 0 spiro atoms. The Morgan fingerprint density at radius 3 is 2.25 bits per heavy atom. The maximum absolute atomic E-state index is 10.6. The highest BCUT2D eigenvalue weighted by Crippen LogP contribution is 2.26. The highest BCUT2D eigenvalue weighted by atomic mass is 16.3. The molecule has 1 N–H and O–H groups in total. The average molecular weight is 325 g/mol. The monoisotopic (exact) mass is 325 g/mol. The van der Waals surface area contributed by atoms with Crippen LogP contribution in [0.1, 0.15) is 36.6 Å². The molecular weight excluding hydrogens is 298 g/mol. The van der Waals surface area contributed by atoms with Crippen LogP contribution in [0.25, 0.3) is 0 Å². The molecule has 1 fully saturated rings. The topological polar surface area (TPSA) is 39.6 Å². The van der Waals surface area contributed by atoms with Crippen molar-refractivity contribution in [1.82, 2.24) is 9.88 Å². The Balaban J connectivity index is 1.74. The van der Waals surface area contributed by atoms with Crippen LogP contribution < -0.4 is 4.90 Å². The molecule has 1 aliphatic heterocycles. The molecule has 1 aliphatic rings. The molecular formula is C20H27N3O. The van der Waals surface area contributed by atoms with Crippen molar-refractivity contribution < 1.29 is 5.11 Å². The van der Waals surface area contributed by atoms with Gasteiger partial charge in [0.15, 0.2) is 0 Å². The molecule has 1 saturated heterocycles. The molecule has 3 rings (SSSR count). The minimum Gasteiger partial charge on any atom is -0.384 e. The van der Waals surface area contributed by atoms with E-state index in [1.54, 1.807) is 0 Å². The van der Waals surface area contributed by atoms with Crippen molar-refractivity contribution in [3.05, 3.63) is 59.3 Å². The number of rotatable bonds is 4. The Morgan fingerprint density at radius 1 is 1.00 bits per heavy atom. The quantitative estimate of drug-likeness (QED) is 0.938. The van der Waals surface area contributed by atoms with Crippen LogP contribution in [0.5, 0.6) is 0 Å². The van der Waals surface area contributed by atoms with Crippen molar-refractivity contribution in [1.29, 1.82) is 0 Å². The Bertz CT molecular complexity index is 664. The molecule has 4 nitrogen and oxygen atoms in total. The normalized spacial score (nSPS) is 17.3. The minimum absolute atomic E-state index is 0.601. The van der Waals surface area contributed by atoms with E-state index < -0.39 is 6.10 Å². The first-order valence-electron chi connectivity index (χ1n) is 8.75. The van der Waals surface area contributed by atoms with Gasteiger partial charge >= 0.3 is 0 Å². The second-order valence-electron chi connectivity index (χ2n) is 6.84. The lowest BCUT2D eigenvalue weighted by molar-refractivity contribution is 0.208. The van der Waals surface area contributed by atoms with E-state index in [0.717, 1.165) is 48.7 Å². The number of nitrogens with zero attached hydrogens (tertiary/aromatic N) is 3. The van der Waals surface area contributed by atoms with Gasteiger partial charge in [0.05, 0.1) is 0 Å². The van der Waals surface area contributed by atoms with E-state index in [9.17, 15) is 5.11 Å². The summed E-state index contributed by atoms with van der Waals surface area (Å²) in [6.45, 7) is 10.7. The van der Waals surface area contributed by atoms with Gasteiger partial charge in [-0.1, -0.05) is 30.3 Å². The van der Waals surface area contributed by atoms with Gasteiger partial charge in [-0.25, -0.2) is 4.98 Å². The van der Waals surface area contributed by atoms with E-state index in [1.807, 2.05) is 36.5 Å². The first kappa shape index (κ1) is 16.9. The first-order valence-corrected chi connectivity index (χ1v) is 8.75. The molecule has 0 radical (unpaired) electrons. The summed E-state index contributed by atoms with van der Waals surface area (Å²) in [7, 11) is 0. The van der Waals surface area contributed by atoms with E-state index in [-0.39, 0.29) is 0 Å². The standard InChI is InChI=1S/C20H27N3O/c1-15(2)22-9-11-23(12-10-22)20-16(3)13-18(14-21-20)19(24)17-7-5-4-6-8-17/h4-8,13-15,19,24H,9-12H2,1-3H3. The van der Waals surface area contributed by atoms with Gasteiger partial charge in [-0.05, 0) is 38.0 Å². The molecule has 1 unspecified atom stereocenters. The van der Waals surface area contributed by atoms with E-state index >= 15 is 0 Å². The zero-order valence-electron chi connectivity index (χ0n) is 14.8. The molecule has 0 bridgehead atoms. The first-order chi connectivity index (χ1) is 11.6. The number of piperazine rings is 1. The summed E-state index contributed by atoms with van der Waals surface area (Å²) in [5, 5.41) is 10.6. The second kappa shape index (κ2) is 7.32. The minimum atomic E-state index is -0.621. The number of anilines is 1. The lowest BCUT2D eigenvalue weighted by Crippen LogP contribution is -2.49. The number of pyridine rings is 1. The van der Waals surface area contributed by atoms with Gasteiger partial charge in [0.1, 0.15) is 11.9 Å². The zero-order chi connectivity index (χ0) is 17.1. The smallest absolute Gasteiger partial charge is 0.131 e. The summed E-state index contributed by atoms with van der Waals surface area (Å²) in [4.78, 5) is 9.52. The average Bonchev–Trinajstić information content (AvgIpc) is 2.62. The van der Waals surface area contributed by atoms with Crippen molar-refractivity contribution in [3.63, 3.8) is 0 Å². The van der Waals surface area contributed by atoms with E-state index in [2.05, 4.69) is 41.6 Å². The third-order valence-electron chi connectivity index (χ3n) is 4.85. The summed E-state index contributed by atoms with van der Waals surface area (Å²) in [6.07, 6.45) is 1.19. The highest BCUT2D eigenvalue weighted by molar-refractivity contribution is 5.49. The number of aliphatic hydroxyl groups is 1. The summed E-state index contributed by atoms with van der Waals surface area (Å²) >= 11 is 0. The molecule has 1 aromatic carbocycles. The molecule has 0 aliphatic carbocycles. The number of hydrogen-bond donors (Lipinski definition) is 1. The Kier molecular flexibility index (Phi) is 5.17. The lowest BCUT2D eigenvalue weighted by atomic mass is 10.0. The molecule has 4 heteroatoms. The molecule has 2 heterocycles. The maximum Gasteiger partial charge on any atom is 0.131 e. The predicted octanol–water partition coefficient (Wildman–Crippen LogP) is 3.00. The number of aryl methyl sites for hydroxylation is 1. The van der Waals surface area contributed by atoms with Gasteiger partial charge in [0.25, 0.3) is 0 Å². The second-order valence-corrected chi connectivity index (χ2v) is 6.84. The van der Waals surface area contributed by atoms with Crippen LogP contribution >= 0.6 is 0 Å². The van der Waals surface area contributed by atoms with Crippen LogP contribution in [0.2, 0.25) is 0 Å². The van der Waals surface area contributed by atoms with Gasteiger partial charge in [0, 0.05) is 44.0 Å². The molecule has 1 atom stereocenters. The number of benzene rings is 1. The van der Waals surface area contributed by atoms with Crippen molar-refractivity contribution >= 4 is 5.82 Å². The van der Waals surface area contributed by atoms with Crippen molar-refractivity contribution in [2.45, 2.75) is 32.9 Å². The van der Waals surface area contributed by atoms with Gasteiger partial charge in [-0.15, -0.1) is 0 Å². The molecule has 0 amide bonds. The molecule has 1 aromatic heterocycles. The predicted molar refractivity (Wildman–Crippen MR) is 98.4 cm³/mol. The van der Waals surface area contributed by atoms with Gasteiger partial charge < -0.3 is 10.0 Å². The number of hydrogen-bond acceptors (Lipinski definition) is 4. The van der Waals surface area contributed by atoms with Crippen molar-refractivity contribution in [3.8, 4) is 0 Å². The number of aromatic nitrogens is 1. The molecule has 24 heavy (non-hydrogen) atoms. The van der Waals surface area contributed by atoms with Crippen molar-refractivity contribution in [2.24, 2.45) is 0 Å². The third kappa shape index (κ3) is 3.60. The van der Waals surface area contributed by atoms with E-state index in [4.69, 9.17) is 0 Å². The fourth-order valence-electron chi connectivity index (χ4n) is 3.35. The van der Waals surface area contributed by atoms with Gasteiger partial charge in [-0.2, -0.15) is 0 Å². The van der Waals surface area contributed by atoms with Crippen LogP contribution in [-0.2, 0) is 0 Å². The van der Waals surface area contributed by atoms with Crippen LogP contribution in [0.3, 0.4) is 0 Å². The van der Waals surface area contributed by atoms with Gasteiger partial charge in [0.2, 0.25) is 0 Å². The summed E-state index contributed by atoms with van der Waals surface area (Å²) in [6, 6.07) is 12.4. The Labute approximate surface area is 144 Å². The maximum atomic E-state index is 10.6. The fraction of sp³-hybridized carbons (Fsp3) is 0.450. The van der Waals surface area contributed by atoms with Gasteiger partial charge in [-0.3, -0.25) is 4.90 Å². The van der Waals surface area contributed by atoms with E-state index in [1.165, 1.54) is 0 Å². The number of aliphatic hydroxyl groups excluding tert-OH is 1. The highest BCUT2D eigenvalue weighted by Gasteiger charge is 2.21. The van der Waals surface area contributed by atoms with Crippen LogP contribution in [0.15, 0.2) is 42.6 Å². The summed E-state index contributed by atoms with van der Waals surface area (Å²) < 4.78 is 0. The Hall–Kier alpha value is -1.91. The summed E-state index contributed by atoms with van der Waals surface area (Å²) in [5.41, 5.74) is 2.88. The zero-order valence-corrected chi connectivity index (χ0v) is 14.8. The summed E-state index contributed by atoms with van der Waals surface area (Å²) in [5.74, 6) is 1.04. The molecule has 128 valence electrons. The molecule has 2 aromatic rings. The van der Waals surface area contributed by atoms with Crippen LogP contribution in [0.4, 0.5) is 5.82 Å².